The van der Waals surface area contributed by atoms with Crippen molar-refractivity contribution in [3.05, 3.63) is 95.6 Å². The van der Waals surface area contributed by atoms with Crippen LogP contribution in [0.25, 0.3) is 0 Å². The highest BCUT2D eigenvalue weighted by Gasteiger charge is 2.22. The highest BCUT2D eigenvalue weighted by Crippen LogP contribution is 2.29. The van der Waals surface area contributed by atoms with Gasteiger partial charge in [-0.1, -0.05) is 59.9 Å². The summed E-state index contributed by atoms with van der Waals surface area (Å²) < 4.78 is 6.01. The first-order valence-corrected chi connectivity index (χ1v) is 17.2. The second kappa shape index (κ2) is 16.0. The molecule has 3 heterocycles. The van der Waals surface area contributed by atoms with Crippen LogP contribution >= 0.6 is 11.3 Å². The molecule has 0 atom stereocenters. The topological polar surface area (TPSA) is 103 Å². The third kappa shape index (κ3) is 9.37. The van der Waals surface area contributed by atoms with Crippen LogP contribution in [-0.4, -0.2) is 79.8 Å². The molecular formula is C36H43N7O3S. The van der Waals surface area contributed by atoms with Crippen molar-refractivity contribution in [1.82, 2.24) is 15.1 Å². The Hall–Kier alpha value is -4.32. The Bertz CT molecular complexity index is 1600. The molecule has 0 aliphatic carbocycles. The van der Waals surface area contributed by atoms with Crippen LogP contribution < -0.4 is 20.4 Å². The third-order valence-electron chi connectivity index (χ3n) is 8.88. The van der Waals surface area contributed by atoms with Gasteiger partial charge in [0.2, 0.25) is 16.2 Å². The number of rotatable bonds is 12. The standard InChI is InChI=1S/C36H43N7O3S/c1-41-19-21-42(22-20-41)32-9-5-8-31(25-32)37-34(45)30-12-10-29(11-13-30)26-46-23-16-27-14-17-43(18-15-27)36-40-39-35(47-36)38-33(44)24-28-6-3-2-4-7-28/h2-13,25,27H,14-24,26H2,1H3,(H,37,45)(H,38,39,44). The Labute approximate surface area is 280 Å². The van der Waals surface area contributed by atoms with Gasteiger partial charge in [0, 0.05) is 62.8 Å². The van der Waals surface area contributed by atoms with Gasteiger partial charge in [0.1, 0.15) is 0 Å². The number of hydrogen-bond acceptors (Lipinski definition) is 9. The van der Waals surface area contributed by atoms with Crippen LogP contribution in [0.3, 0.4) is 0 Å². The minimum Gasteiger partial charge on any atom is -0.377 e. The van der Waals surface area contributed by atoms with Gasteiger partial charge in [-0.3, -0.25) is 9.59 Å². The molecular weight excluding hydrogens is 611 g/mol. The summed E-state index contributed by atoms with van der Waals surface area (Å²) in [6.07, 6.45) is 3.47. The quantitative estimate of drug-likeness (QED) is 0.192. The first-order chi connectivity index (χ1) is 23.0. The lowest BCUT2D eigenvalue weighted by atomic mass is 9.94. The zero-order chi connectivity index (χ0) is 32.4. The van der Waals surface area contributed by atoms with Gasteiger partial charge < -0.3 is 30.1 Å². The van der Waals surface area contributed by atoms with Gasteiger partial charge in [-0.25, -0.2) is 0 Å². The lowest BCUT2D eigenvalue weighted by Crippen LogP contribution is -2.44. The van der Waals surface area contributed by atoms with Crippen molar-refractivity contribution in [1.29, 1.82) is 0 Å². The molecule has 0 radical (unpaired) electrons. The van der Waals surface area contributed by atoms with Crippen molar-refractivity contribution in [3.8, 4) is 0 Å². The molecule has 47 heavy (non-hydrogen) atoms. The van der Waals surface area contributed by atoms with Gasteiger partial charge in [0.05, 0.1) is 13.0 Å². The van der Waals surface area contributed by atoms with Crippen LogP contribution in [0, 0.1) is 5.92 Å². The number of nitrogens with zero attached hydrogens (tertiary/aromatic N) is 5. The summed E-state index contributed by atoms with van der Waals surface area (Å²) in [5.74, 6) is 0.402. The van der Waals surface area contributed by atoms with Crippen molar-refractivity contribution in [2.24, 2.45) is 5.92 Å². The molecule has 10 nitrogen and oxygen atoms in total. The third-order valence-corrected chi connectivity index (χ3v) is 9.78. The molecule has 0 saturated carbocycles. The molecule has 2 saturated heterocycles. The lowest BCUT2D eigenvalue weighted by Gasteiger charge is -2.34. The van der Waals surface area contributed by atoms with E-state index < -0.39 is 0 Å². The van der Waals surface area contributed by atoms with Crippen molar-refractivity contribution >= 4 is 44.8 Å². The number of piperidine rings is 1. The van der Waals surface area contributed by atoms with E-state index in [1.54, 1.807) is 0 Å². The molecule has 0 bridgehead atoms. The number of aromatic nitrogens is 2. The van der Waals surface area contributed by atoms with Gasteiger partial charge in [0.25, 0.3) is 5.91 Å². The van der Waals surface area contributed by atoms with E-state index in [1.807, 2.05) is 66.7 Å². The molecule has 2 aliphatic heterocycles. The molecule has 2 N–H and O–H groups in total. The number of nitrogens with one attached hydrogen (secondary N) is 2. The van der Waals surface area contributed by atoms with Gasteiger partial charge in [-0.2, -0.15) is 0 Å². The van der Waals surface area contributed by atoms with Crippen molar-refractivity contribution < 1.29 is 14.3 Å². The van der Waals surface area contributed by atoms with E-state index in [0.29, 0.717) is 36.2 Å². The average molecular weight is 654 g/mol. The number of likely N-dealkylation sites (N-methyl/N-ethyl adjacent to an activating group) is 1. The smallest absolute Gasteiger partial charge is 0.255 e. The highest BCUT2D eigenvalue weighted by molar-refractivity contribution is 7.19. The van der Waals surface area contributed by atoms with E-state index >= 15 is 0 Å². The lowest BCUT2D eigenvalue weighted by molar-refractivity contribution is -0.115. The summed E-state index contributed by atoms with van der Waals surface area (Å²) in [7, 11) is 2.15. The Morgan fingerprint density at radius 2 is 1.60 bits per heavy atom. The number of ether oxygens (including phenoxy) is 1. The Kier molecular flexibility index (Phi) is 11.1. The van der Waals surface area contributed by atoms with Gasteiger partial charge in [0.15, 0.2) is 0 Å². The van der Waals surface area contributed by atoms with Crippen molar-refractivity contribution in [2.75, 3.05) is 73.4 Å². The fourth-order valence-electron chi connectivity index (χ4n) is 5.99. The van der Waals surface area contributed by atoms with E-state index in [1.165, 1.54) is 11.3 Å². The largest absolute Gasteiger partial charge is 0.377 e. The Morgan fingerprint density at radius 3 is 2.36 bits per heavy atom. The number of anilines is 4. The summed E-state index contributed by atoms with van der Waals surface area (Å²) in [4.78, 5) is 32.2. The Morgan fingerprint density at radius 1 is 0.830 bits per heavy atom. The predicted octanol–water partition coefficient (Wildman–Crippen LogP) is 5.55. The number of amides is 2. The molecule has 4 aromatic rings. The molecule has 11 heteroatoms. The van der Waals surface area contributed by atoms with E-state index in [9.17, 15) is 9.59 Å². The average Bonchev–Trinajstić information content (AvgIpc) is 3.56. The van der Waals surface area contributed by atoms with Crippen molar-refractivity contribution in [2.45, 2.75) is 32.3 Å². The molecule has 2 amide bonds. The summed E-state index contributed by atoms with van der Waals surface area (Å²) in [6.45, 7) is 7.12. The normalized spacial score (nSPS) is 15.9. The number of piperazine rings is 1. The number of benzene rings is 3. The molecule has 3 aromatic carbocycles. The second-order valence-electron chi connectivity index (χ2n) is 12.4. The number of carbonyl (C=O) groups excluding carboxylic acids is 2. The van der Waals surface area contributed by atoms with Gasteiger partial charge in [-0.05, 0) is 73.7 Å². The maximum atomic E-state index is 12.9. The number of carbonyl (C=O) groups is 2. The predicted molar refractivity (Wildman–Crippen MR) is 188 cm³/mol. The van der Waals surface area contributed by atoms with Crippen LogP contribution in [0.1, 0.15) is 40.7 Å². The first kappa shape index (κ1) is 32.6. The van der Waals surface area contributed by atoms with Crippen LogP contribution in [-0.2, 0) is 22.6 Å². The van der Waals surface area contributed by atoms with E-state index in [4.69, 9.17) is 4.74 Å². The fourth-order valence-corrected chi connectivity index (χ4v) is 6.80. The Balaban J connectivity index is 0.875. The van der Waals surface area contributed by atoms with Gasteiger partial charge >= 0.3 is 0 Å². The van der Waals surface area contributed by atoms with Crippen LogP contribution in [0.4, 0.5) is 21.6 Å². The van der Waals surface area contributed by atoms with Crippen LogP contribution in [0.2, 0.25) is 0 Å². The van der Waals surface area contributed by atoms with Crippen LogP contribution in [0.5, 0.6) is 0 Å². The molecule has 2 fully saturated rings. The summed E-state index contributed by atoms with van der Waals surface area (Å²) in [5, 5.41) is 15.8. The van der Waals surface area contributed by atoms with E-state index in [-0.39, 0.29) is 11.8 Å². The second-order valence-corrected chi connectivity index (χ2v) is 13.3. The maximum Gasteiger partial charge on any atom is 0.255 e. The highest BCUT2D eigenvalue weighted by atomic mass is 32.1. The van der Waals surface area contributed by atoms with Gasteiger partial charge in [-0.15, -0.1) is 10.2 Å². The zero-order valence-corrected chi connectivity index (χ0v) is 27.8. The molecule has 2 aliphatic rings. The maximum absolute atomic E-state index is 12.9. The fraction of sp³-hybridized carbons (Fsp3) is 0.389. The molecule has 6 rings (SSSR count). The minimum atomic E-state index is -0.114. The summed E-state index contributed by atoms with van der Waals surface area (Å²) in [6, 6.07) is 25.4. The molecule has 1 aromatic heterocycles. The SMILES string of the molecule is CN1CCN(c2cccc(NC(=O)c3ccc(COCCC4CCN(c5nnc(NC(=O)Cc6ccccc6)s5)CC4)cc3)c2)CC1. The van der Waals surface area contributed by atoms with Crippen molar-refractivity contribution in [3.63, 3.8) is 0 Å². The molecule has 0 unspecified atom stereocenters. The first-order valence-electron chi connectivity index (χ1n) is 16.4. The molecule has 0 spiro atoms. The van der Waals surface area contributed by atoms with Crippen LogP contribution in [0.15, 0.2) is 78.9 Å². The van der Waals surface area contributed by atoms with E-state index in [2.05, 4.69) is 54.7 Å². The summed E-state index contributed by atoms with van der Waals surface area (Å²) in [5.41, 5.74) is 4.60. The minimum absolute atomic E-state index is 0.0858. The zero-order valence-electron chi connectivity index (χ0n) is 26.9. The number of hydrogen-bond donors (Lipinski definition) is 2. The summed E-state index contributed by atoms with van der Waals surface area (Å²) >= 11 is 1.43. The molecule has 246 valence electrons. The monoisotopic (exact) mass is 653 g/mol. The van der Waals surface area contributed by atoms with E-state index in [0.717, 1.165) is 86.2 Å².